The van der Waals surface area contributed by atoms with Gasteiger partial charge in [0.2, 0.25) is 0 Å². The lowest BCUT2D eigenvalue weighted by Gasteiger charge is -2.17. The predicted molar refractivity (Wildman–Crippen MR) is 88.2 cm³/mol. The Morgan fingerprint density at radius 1 is 1.50 bits per heavy atom. The summed E-state index contributed by atoms with van der Waals surface area (Å²) in [5.41, 5.74) is 8.88. The Morgan fingerprint density at radius 2 is 2.25 bits per heavy atom. The number of nitrogens with zero attached hydrogens (tertiary/aromatic N) is 3. The van der Waals surface area contributed by atoms with E-state index in [1.54, 1.807) is 11.3 Å². The average molecular weight is 357 g/mol. The Hall–Kier alpha value is -0.690. The van der Waals surface area contributed by atoms with Crippen molar-refractivity contribution in [1.29, 1.82) is 0 Å². The van der Waals surface area contributed by atoms with Crippen molar-refractivity contribution in [3.8, 4) is 0 Å². The largest absolute Gasteiger partial charge is 0.318 e. The fourth-order valence-electron chi connectivity index (χ4n) is 2.19. The van der Waals surface area contributed by atoms with Crippen LogP contribution in [-0.4, -0.2) is 35.3 Å². The summed E-state index contributed by atoms with van der Waals surface area (Å²) in [6.07, 6.45) is 2.85. The number of halogens is 1. The molecule has 4 nitrogen and oxygen atoms in total. The van der Waals surface area contributed by atoms with Gasteiger partial charge < -0.3 is 10.6 Å². The average Bonchev–Trinajstić information content (AvgIpc) is 3.01. The van der Waals surface area contributed by atoms with E-state index in [9.17, 15) is 0 Å². The van der Waals surface area contributed by atoms with E-state index in [0.29, 0.717) is 0 Å². The Bertz CT molecular complexity index is 561. The van der Waals surface area contributed by atoms with Crippen molar-refractivity contribution in [2.75, 3.05) is 20.6 Å². The van der Waals surface area contributed by atoms with Crippen LogP contribution in [0, 0.1) is 0 Å². The zero-order valence-electron chi connectivity index (χ0n) is 12.1. The molecule has 20 heavy (non-hydrogen) atoms. The number of hydrogen-bond acceptors (Lipinski definition) is 4. The minimum absolute atomic E-state index is 0.121. The fourth-order valence-corrected chi connectivity index (χ4v) is 3.73. The van der Waals surface area contributed by atoms with Crippen LogP contribution in [0.5, 0.6) is 0 Å². The summed E-state index contributed by atoms with van der Waals surface area (Å²) in [4.78, 5) is 3.38. The van der Waals surface area contributed by atoms with Gasteiger partial charge in [0.05, 0.1) is 29.0 Å². The zero-order chi connectivity index (χ0) is 14.7. The monoisotopic (exact) mass is 356 g/mol. The summed E-state index contributed by atoms with van der Waals surface area (Å²) in [5.74, 6) is 0. The van der Waals surface area contributed by atoms with Gasteiger partial charge in [-0.05, 0) is 53.5 Å². The van der Waals surface area contributed by atoms with Crippen LogP contribution in [0.15, 0.2) is 22.1 Å². The van der Waals surface area contributed by atoms with E-state index in [0.717, 1.165) is 29.7 Å². The first-order chi connectivity index (χ1) is 9.54. The third-order valence-electron chi connectivity index (χ3n) is 3.33. The van der Waals surface area contributed by atoms with Gasteiger partial charge in [-0.2, -0.15) is 5.10 Å². The molecule has 0 saturated heterocycles. The molecule has 2 aromatic rings. The standard InChI is InChI=1S/C14H21BrN4S/c1-4-10-5-8-20-14(10)12(16)13-11(15)9-17-19(13)7-6-18(2)3/h5,8-9,12H,4,6-7,16H2,1-3H3. The van der Waals surface area contributed by atoms with Crippen molar-refractivity contribution >= 4 is 27.3 Å². The second kappa shape index (κ2) is 6.85. The smallest absolute Gasteiger partial charge is 0.0831 e. The predicted octanol–water partition coefficient (Wildman–Crippen LogP) is 2.88. The molecule has 0 amide bonds. The van der Waals surface area contributed by atoms with Crippen LogP contribution in [0.1, 0.15) is 29.1 Å². The lowest BCUT2D eigenvalue weighted by molar-refractivity contribution is 0.368. The minimum atomic E-state index is -0.121. The first-order valence-corrected chi connectivity index (χ1v) is 8.39. The molecule has 1 atom stereocenters. The molecule has 0 saturated carbocycles. The van der Waals surface area contributed by atoms with Crippen LogP contribution in [-0.2, 0) is 13.0 Å². The highest BCUT2D eigenvalue weighted by atomic mass is 79.9. The van der Waals surface area contributed by atoms with E-state index in [1.807, 2.05) is 10.9 Å². The third-order valence-corrected chi connectivity index (χ3v) is 4.98. The lowest BCUT2D eigenvalue weighted by atomic mass is 10.1. The van der Waals surface area contributed by atoms with Gasteiger partial charge in [0.15, 0.2) is 0 Å². The molecule has 0 aliphatic heterocycles. The van der Waals surface area contributed by atoms with E-state index in [1.165, 1.54) is 10.4 Å². The van der Waals surface area contributed by atoms with Crippen molar-refractivity contribution in [3.63, 3.8) is 0 Å². The van der Waals surface area contributed by atoms with Crippen LogP contribution >= 0.6 is 27.3 Å². The van der Waals surface area contributed by atoms with E-state index in [-0.39, 0.29) is 6.04 Å². The number of likely N-dealkylation sites (N-methyl/N-ethyl adjacent to an activating group) is 1. The van der Waals surface area contributed by atoms with E-state index >= 15 is 0 Å². The summed E-state index contributed by atoms with van der Waals surface area (Å²) in [6, 6.07) is 2.04. The molecule has 2 aromatic heterocycles. The molecule has 2 rings (SSSR count). The highest BCUT2D eigenvalue weighted by Crippen LogP contribution is 2.32. The summed E-state index contributed by atoms with van der Waals surface area (Å²) < 4.78 is 2.99. The number of thiophene rings is 1. The molecule has 0 aliphatic rings. The summed E-state index contributed by atoms with van der Waals surface area (Å²) in [6.45, 7) is 3.95. The molecule has 0 aliphatic carbocycles. The maximum atomic E-state index is 6.50. The maximum absolute atomic E-state index is 6.50. The van der Waals surface area contributed by atoms with Gasteiger partial charge in [0, 0.05) is 11.4 Å². The zero-order valence-corrected chi connectivity index (χ0v) is 14.5. The molecular formula is C14H21BrN4S. The molecule has 1 unspecified atom stereocenters. The number of rotatable bonds is 6. The van der Waals surface area contributed by atoms with Gasteiger partial charge in [-0.25, -0.2) is 0 Å². The summed E-state index contributed by atoms with van der Waals surface area (Å²) in [5, 5.41) is 6.56. The van der Waals surface area contributed by atoms with Crippen LogP contribution < -0.4 is 5.73 Å². The molecule has 0 spiro atoms. The normalized spacial score (nSPS) is 13.1. The van der Waals surface area contributed by atoms with Crippen molar-refractivity contribution in [2.24, 2.45) is 5.73 Å². The first kappa shape index (κ1) is 15.7. The van der Waals surface area contributed by atoms with E-state index in [4.69, 9.17) is 5.73 Å². The summed E-state index contributed by atoms with van der Waals surface area (Å²) in [7, 11) is 4.12. The van der Waals surface area contributed by atoms with E-state index < -0.39 is 0 Å². The molecule has 0 fully saturated rings. The number of nitrogens with two attached hydrogens (primary N) is 1. The van der Waals surface area contributed by atoms with Crippen LogP contribution in [0.4, 0.5) is 0 Å². The second-order valence-electron chi connectivity index (χ2n) is 5.05. The molecule has 110 valence electrons. The van der Waals surface area contributed by atoms with Gasteiger partial charge >= 0.3 is 0 Å². The SMILES string of the molecule is CCc1ccsc1C(N)c1c(Br)cnn1CCN(C)C. The third kappa shape index (κ3) is 3.31. The first-order valence-electron chi connectivity index (χ1n) is 6.72. The van der Waals surface area contributed by atoms with E-state index in [2.05, 4.69) is 58.4 Å². The Labute approximate surface area is 132 Å². The fraction of sp³-hybridized carbons (Fsp3) is 0.500. The second-order valence-corrected chi connectivity index (χ2v) is 6.85. The number of hydrogen-bond donors (Lipinski definition) is 1. The molecule has 0 bridgehead atoms. The quantitative estimate of drug-likeness (QED) is 0.865. The molecule has 2 heterocycles. The molecule has 2 N–H and O–H groups in total. The van der Waals surface area contributed by atoms with Crippen LogP contribution in [0.2, 0.25) is 0 Å². The van der Waals surface area contributed by atoms with Gasteiger partial charge in [-0.1, -0.05) is 6.92 Å². The highest BCUT2D eigenvalue weighted by molar-refractivity contribution is 9.10. The van der Waals surface area contributed by atoms with Crippen LogP contribution in [0.3, 0.4) is 0 Å². The number of aryl methyl sites for hydroxylation is 1. The molecular weight excluding hydrogens is 336 g/mol. The van der Waals surface area contributed by atoms with Crippen molar-refractivity contribution in [3.05, 3.63) is 38.3 Å². The minimum Gasteiger partial charge on any atom is -0.318 e. The van der Waals surface area contributed by atoms with Gasteiger partial charge in [0.25, 0.3) is 0 Å². The van der Waals surface area contributed by atoms with Gasteiger partial charge in [-0.3, -0.25) is 4.68 Å². The highest BCUT2D eigenvalue weighted by Gasteiger charge is 2.21. The maximum Gasteiger partial charge on any atom is 0.0831 e. The Balaban J connectivity index is 2.29. The molecule has 0 radical (unpaired) electrons. The van der Waals surface area contributed by atoms with Crippen molar-refractivity contribution in [2.45, 2.75) is 25.9 Å². The molecule has 0 aromatic carbocycles. The molecule has 6 heteroatoms. The number of aromatic nitrogens is 2. The Kier molecular flexibility index (Phi) is 5.37. The van der Waals surface area contributed by atoms with Gasteiger partial charge in [0.1, 0.15) is 0 Å². The van der Waals surface area contributed by atoms with Crippen LogP contribution in [0.25, 0.3) is 0 Å². The van der Waals surface area contributed by atoms with Crippen molar-refractivity contribution < 1.29 is 0 Å². The van der Waals surface area contributed by atoms with Crippen molar-refractivity contribution in [1.82, 2.24) is 14.7 Å². The lowest BCUT2D eigenvalue weighted by Crippen LogP contribution is -2.23. The summed E-state index contributed by atoms with van der Waals surface area (Å²) >= 11 is 5.31. The van der Waals surface area contributed by atoms with Gasteiger partial charge in [-0.15, -0.1) is 11.3 Å². The Morgan fingerprint density at radius 3 is 2.90 bits per heavy atom. The topological polar surface area (TPSA) is 47.1 Å².